The van der Waals surface area contributed by atoms with E-state index < -0.39 is 15.8 Å². The van der Waals surface area contributed by atoms with Gasteiger partial charge in [-0.15, -0.1) is 11.3 Å². The first-order valence-corrected chi connectivity index (χ1v) is 8.73. The number of fused-ring (bicyclic) bond motifs is 1. The van der Waals surface area contributed by atoms with Crippen molar-refractivity contribution >= 4 is 21.4 Å². The van der Waals surface area contributed by atoms with Crippen LogP contribution in [0.2, 0.25) is 0 Å². The predicted octanol–water partition coefficient (Wildman–Crippen LogP) is 2.64. The summed E-state index contributed by atoms with van der Waals surface area (Å²) in [6.45, 7) is 0.762. The Hall–Kier alpha value is -1.44. The average Bonchev–Trinajstić information content (AvgIpc) is 2.94. The highest BCUT2D eigenvalue weighted by molar-refractivity contribution is 7.89. The van der Waals surface area contributed by atoms with Gasteiger partial charge in [0.15, 0.2) is 11.6 Å². The quantitative estimate of drug-likeness (QED) is 0.871. The second-order valence-electron chi connectivity index (χ2n) is 4.75. The van der Waals surface area contributed by atoms with E-state index in [1.54, 1.807) is 11.3 Å². The van der Waals surface area contributed by atoms with Crippen LogP contribution in [0.5, 0.6) is 5.75 Å². The lowest BCUT2D eigenvalue weighted by Gasteiger charge is -2.26. The van der Waals surface area contributed by atoms with E-state index in [1.165, 1.54) is 28.4 Å². The Kier molecular flexibility index (Phi) is 3.73. The standard InChI is InChI=1S/C14H14FNO3S2/c1-19-13-3-2-11(8-12(13)15)21(17,18)16-6-4-14-10(9-16)5-7-20-14/h2-3,5,7-8H,4,6,9H2,1H3. The number of rotatable bonds is 3. The second kappa shape index (κ2) is 5.40. The number of nitrogens with zero attached hydrogens (tertiary/aromatic N) is 1. The largest absolute Gasteiger partial charge is 0.494 e. The van der Waals surface area contributed by atoms with E-state index in [0.717, 1.165) is 11.6 Å². The van der Waals surface area contributed by atoms with E-state index in [4.69, 9.17) is 4.74 Å². The molecule has 21 heavy (non-hydrogen) atoms. The fourth-order valence-corrected chi connectivity index (χ4v) is 4.71. The van der Waals surface area contributed by atoms with Crippen molar-refractivity contribution < 1.29 is 17.5 Å². The van der Waals surface area contributed by atoms with Crippen LogP contribution in [-0.4, -0.2) is 26.4 Å². The molecule has 0 saturated carbocycles. The Bertz CT molecular complexity index is 770. The fourth-order valence-electron chi connectivity index (χ4n) is 2.38. The molecule has 7 heteroatoms. The minimum Gasteiger partial charge on any atom is -0.494 e. The summed E-state index contributed by atoms with van der Waals surface area (Å²) in [7, 11) is -2.35. The zero-order valence-corrected chi connectivity index (χ0v) is 13.0. The molecule has 0 bridgehead atoms. The smallest absolute Gasteiger partial charge is 0.243 e. The third kappa shape index (κ3) is 2.56. The molecule has 0 saturated heterocycles. The number of methoxy groups -OCH3 is 1. The van der Waals surface area contributed by atoms with Gasteiger partial charge in [0.2, 0.25) is 10.0 Å². The Morgan fingerprint density at radius 1 is 1.33 bits per heavy atom. The maximum atomic E-state index is 13.7. The number of sulfonamides is 1. The van der Waals surface area contributed by atoms with Crippen LogP contribution in [0.3, 0.4) is 0 Å². The molecule has 0 N–H and O–H groups in total. The van der Waals surface area contributed by atoms with Gasteiger partial charge < -0.3 is 4.74 Å². The number of ether oxygens (including phenoxy) is 1. The summed E-state index contributed by atoms with van der Waals surface area (Å²) >= 11 is 1.64. The van der Waals surface area contributed by atoms with Crippen molar-refractivity contribution in [3.05, 3.63) is 45.9 Å². The summed E-state index contributed by atoms with van der Waals surface area (Å²) in [4.78, 5) is 1.18. The zero-order chi connectivity index (χ0) is 15.0. The lowest BCUT2D eigenvalue weighted by Crippen LogP contribution is -2.35. The summed E-state index contributed by atoms with van der Waals surface area (Å²) in [5, 5.41) is 1.97. The van der Waals surface area contributed by atoms with Crippen molar-refractivity contribution in [1.29, 1.82) is 0 Å². The molecule has 1 aromatic carbocycles. The van der Waals surface area contributed by atoms with Crippen LogP contribution in [-0.2, 0) is 23.0 Å². The molecule has 4 nitrogen and oxygen atoms in total. The van der Waals surface area contributed by atoms with Gasteiger partial charge in [-0.05, 0) is 41.6 Å². The minimum atomic E-state index is -3.69. The van der Waals surface area contributed by atoms with Crippen molar-refractivity contribution in [1.82, 2.24) is 4.31 Å². The van der Waals surface area contributed by atoms with Crippen molar-refractivity contribution in [3.8, 4) is 5.75 Å². The van der Waals surface area contributed by atoms with Crippen molar-refractivity contribution in [2.75, 3.05) is 13.7 Å². The summed E-state index contributed by atoms with van der Waals surface area (Å²) in [6.07, 6.45) is 0.699. The molecule has 2 heterocycles. The molecule has 0 radical (unpaired) electrons. The first-order chi connectivity index (χ1) is 10.0. The minimum absolute atomic E-state index is 0.0349. The lowest BCUT2D eigenvalue weighted by atomic mass is 10.1. The highest BCUT2D eigenvalue weighted by atomic mass is 32.2. The highest BCUT2D eigenvalue weighted by Crippen LogP contribution is 2.29. The molecule has 1 aliphatic rings. The molecule has 0 fully saturated rings. The second-order valence-corrected chi connectivity index (χ2v) is 7.69. The van der Waals surface area contributed by atoms with Crippen LogP contribution >= 0.6 is 11.3 Å². The molecule has 0 spiro atoms. The third-order valence-electron chi connectivity index (χ3n) is 3.53. The summed E-state index contributed by atoms with van der Waals surface area (Å²) in [5.74, 6) is -0.639. The van der Waals surface area contributed by atoms with E-state index in [2.05, 4.69) is 0 Å². The zero-order valence-electron chi connectivity index (χ0n) is 11.4. The molecule has 2 aromatic rings. The van der Waals surface area contributed by atoms with Gasteiger partial charge >= 0.3 is 0 Å². The van der Waals surface area contributed by atoms with E-state index in [0.29, 0.717) is 19.5 Å². The van der Waals surface area contributed by atoms with Crippen LogP contribution in [0.25, 0.3) is 0 Å². The maximum absolute atomic E-state index is 13.7. The first kappa shape index (κ1) is 14.5. The monoisotopic (exact) mass is 327 g/mol. The maximum Gasteiger partial charge on any atom is 0.243 e. The van der Waals surface area contributed by atoms with Crippen LogP contribution < -0.4 is 4.74 Å². The number of benzene rings is 1. The van der Waals surface area contributed by atoms with Crippen LogP contribution in [0, 0.1) is 5.82 Å². The average molecular weight is 327 g/mol. The normalized spacial score (nSPS) is 15.7. The van der Waals surface area contributed by atoms with Crippen LogP contribution in [0.15, 0.2) is 34.5 Å². The fraction of sp³-hybridized carbons (Fsp3) is 0.286. The van der Waals surface area contributed by atoms with Gasteiger partial charge in [-0.3, -0.25) is 0 Å². The number of hydrogen-bond acceptors (Lipinski definition) is 4. The first-order valence-electron chi connectivity index (χ1n) is 6.41. The third-order valence-corrected chi connectivity index (χ3v) is 6.40. The molecule has 0 amide bonds. The molecule has 3 rings (SSSR count). The molecule has 0 atom stereocenters. The van der Waals surface area contributed by atoms with E-state index in [1.807, 2.05) is 11.4 Å². The van der Waals surface area contributed by atoms with Crippen molar-refractivity contribution in [3.63, 3.8) is 0 Å². The van der Waals surface area contributed by atoms with Crippen LogP contribution in [0.1, 0.15) is 10.4 Å². The molecule has 0 unspecified atom stereocenters. The SMILES string of the molecule is COc1ccc(S(=O)(=O)N2CCc3sccc3C2)cc1F. The summed E-state index contributed by atoms with van der Waals surface area (Å²) in [6, 6.07) is 5.66. The molecule has 0 aliphatic carbocycles. The van der Waals surface area contributed by atoms with Gasteiger partial charge in [0.05, 0.1) is 12.0 Å². The van der Waals surface area contributed by atoms with Gasteiger partial charge in [-0.25, -0.2) is 12.8 Å². The van der Waals surface area contributed by atoms with Gasteiger partial charge in [0, 0.05) is 18.0 Å². The Balaban J connectivity index is 1.93. The van der Waals surface area contributed by atoms with Gasteiger partial charge in [-0.2, -0.15) is 4.31 Å². The lowest BCUT2D eigenvalue weighted by molar-refractivity contribution is 0.382. The van der Waals surface area contributed by atoms with E-state index >= 15 is 0 Å². The van der Waals surface area contributed by atoms with Gasteiger partial charge in [0.25, 0.3) is 0 Å². The molecule has 1 aliphatic heterocycles. The molecular weight excluding hydrogens is 313 g/mol. The van der Waals surface area contributed by atoms with E-state index in [9.17, 15) is 12.8 Å². The van der Waals surface area contributed by atoms with Crippen LogP contribution in [0.4, 0.5) is 4.39 Å². The molecular formula is C14H14FNO3S2. The van der Waals surface area contributed by atoms with E-state index in [-0.39, 0.29) is 10.6 Å². The number of halogens is 1. The number of hydrogen-bond donors (Lipinski definition) is 0. The molecule has 112 valence electrons. The summed E-state index contributed by atoms with van der Waals surface area (Å²) < 4.78 is 45.1. The molecule has 1 aromatic heterocycles. The highest BCUT2D eigenvalue weighted by Gasteiger charge is 2.29. The van der Waals surface area contributed by atoms with Crippen molar-refractivity contribution in [2.45, 2.75) is 17.9 Å². The Morgan fingerprint density at radius 3 is 2.86 bits per heavy atom. The Labute approximate surface area is 126 Å². The van der Waals surface area contributed by atoms with Crippen molar-refractivity contribution in [2.24, 2.45) is 0 Å². The Morgan fingerprint density at radius 2 is 2.14 bits per heavy atom. The summed E-state index contributed by atoms with van der Waals surface area (Å²) in [5.41, 5.74) is 1.03. The topological polar surface area (TPSA) is 46.6 Å². The predicted molar refractivity (Wildman–Crippen MR) is 78.6 cm³/mol. The van der Waals surface area contributed by atoms with Gasteiger partial charge in [0.1, 0.15) is 0 Å². The number of thiophene rings is 1. The van der Waals surface area contributed by atoms with Gasteiger partial charge in [-0.1, -0.05) is 0 Å².